The van der Waals surface area contributed by atoms with Crippen LogP contribution in [0.25, 0.3) is 11.4 Å². The normalized spacial score (nSPS) is 12.8. The van der Waals surface area contributed by atoms with E-state index in [-0.39, 0.29) is 17.3 Å². The number of benzene rings is 2. The van der Waals surface area contributed by atoms with Gasteiger partial charge in [0.2, 0.25) is 11.7 Å². The lowest BCUT2D eigenvalue weighted by Crippen LogP contribution is -2.10. The van der Waals surface area contributed by atoms with Crippen molar-refractivity contribution in [1.82, 2.24) is 10.1 Å². The van der Waals surface area contributed by atoms with Gasteiger partial charge < -0.3 is 4.52 Å². The fourth-order valence-electron chi connectivity index (χ4n) is 3.82. The SMILES string of the molecule is CCCC[C@H](C)c1nc(-c2ccc(CCc3ccc(CCC)cc3)c(C(F)(F)F)c2)no1. The van der Waals surface area contributed by atoms with Crippen LogP contribution >= 0.6 is 0 Å². The highest BCUT2D eigenvalue weighted by Gasteiger charge is 2.34. The first-order valence-electron chi connectivity index (χ1n) is 11.4. The molecule has 0 aliphatic rings. The highest BCUT2D eigenvalue weighted by Crippen LogP contribution is 2.35. The van der Waals surface area contributed by atoms with Crippen LogP contribution in [0.5, 0.6) is 0 Å². The standard InChI is InChI=1S/C26H31F3N2O/c1-4-6-8-18(3)25-30-24(31-32-25)22-16-15-21(23(17-22)26(27,28)29)14-13-20-11-9-19(7-5-2)10-12-20/h9-12,15-18H,4-8,13-14H2,1-3H3/t18-/m0/s1. The molecule has 3 rings (SSSR count). The highest BCUT2D eigenvalue weighted by atomic mass is 19.4. The van der Waals surface area contributed by atoms with Crippen LogP contribution in [-0.4, -0.2) is 10.1 Å². The number of aryl methyl sites for hydroxylation is 3. The maximum atomic E-state index is 13.8. The smallest absolute Gasteiger partial charge is 0.339 e. The zero-order chi connectivity index (χ0) is 23.1. The van der Waals surface area contributed by atoms with Gasteiger partial charge in [0.1, 0.15) is 0 Å². The molecule has 0 fully saturated rings. The average Bonchev–Trinajstić information content (AvgIpc) is 3.27. The number of nitrogens with zero attached hydrogens (tertiary/aromatic N) is 2. The van der Waals surface area contributed by atoms with E-state index >= 15 is 0 Å². The molecule has 1 atom stereocenters. The average molecular weight is 445 g/mol. The van der Waals surface area contributed by atoms with Gasteiger partial charge in [0, 0.05) is 11.5 Å². The van der Waals surface area contributed by atoms with Crippen LogP contribution in [0.4, 0.5) is 13.2 Å². The first kappa shape index (κ1) is 24.0. The Balaban J connectivity index is 1.78. The third kappa shape index (κ3) is 6.21. The zero-order valence-corrected chi connectivity index (χ0v) is 19.0. The van der Waals surface area contributed by atoms with Gasteiger partial charge >= 0.3 is 6.18 Å². The van der Waals surface area contributed by atoms with Crippen molar-refractivity contribution < 1.29 is 17.7 Å². The minimum Gasteiger partial charge on any atom is -0.339 e. The van der Waals surface area contributed by atoms with Gasteiger partial charge in [-0.2, -0.15) is 18.2 Å². The van der Waals surface area contributed by atoms with Crippen molar-refractivity contribution in [3.63, 3.8) is 0 Å². The maximum Gasteiger partial charge on any atom is 0.416 e. The van der Waals surface area contributed by atoms with Gasteiger partial charge in [-0.3, -0.25) is 0 Å². The van der Waals surface area contributed by atoms with Crippen molar-refractivity contribution in [2.24, 2.45) is 0 Å². The number of halogens is 3. The van der Waals surface area contributed by atoms with Gasteiger partial charge in [-0.05, 0) is 48.4 Å². The highest BCUT2D eigenvalue weighted by molar-refractivity contribution is 5.57. The summed E-state index contributed by atoms with van der Waals surface area (Å²) < 4.78 is 46.8. The van der Waals surface area contributed by atoms with Crippen LogP contribution in [0.1, 0.15) is 80.5 Å². The molecule has 32 heavy (non-hydrogen) atoms. The van der Waals surface area contributed by atoms with Crippen molar-refractivity contribution in [1.29, 1.82) is 0 Å². The van der Waals surface area contributed by atoms with Gasteiger partial charge in [-0.1, -0.05) is 81.6 Å². The second-order valence-electron chi connectivity index (χ2n) is 8.44. The Hall–Kier alpha value is -2.63. The summed E-state index contributed by atoms with van der Waals surface area (Å²) in [4.78, 5) is 4.36. The fourth-order valence-corrected chi connectivity index (χ4v) is 3.82. The van der Waals surface area contributed by atoms with E-state index in [9.17, 15) is 13.2 Å². The number of aromatic nitrogens is 2. The molecule has 0 N–H and O–H groups in total. The molecule has 172 valence electrons. The van der Waals surface area contributed by atoms with Gasteiger partial charge in [-0.25, -0.2) is 0 Å². The van der Waals surface area contributed by atoms with Crippen LogP contribution in [0.3, 0.4) is 0 Å². The molecule has 6 heteroatoms. The summed E-state index contributed by atoms with van der Waals surface area (Å²) >= 11 is 0. The minimum atomic E-state index is -4.45. The molecule has 0 saturated carbocycles. The van der Waals surface area contributed by atoms with E-state index in [1.807, 2.05) is 19.1 Å². The lowest BCUT2D eigenvalue weighted by Gasteiger charge is -2.14. The minimum absolute atomic E-state index is 0.0845. The lowest BCUT2D eigenvalue weighted by molar-refractivity contribution is -0.138. The molecule has 0 unspecified atom stereocenters. The predicted molar refractivity (Wildman–Crippen MR) is 121 cm³/mol. The van der Waals surface area contributed by atoms with E-state index in [0.717, 1.165) is 43.7 Å². The largest absolute Gasteiger partial charge is 0.416 e. The van der Waals surface area contributed by atoms with Crippen molar-refractivity contribution in [2.75, 3.05) is 0 Å². The molecule has 0 bridgehead atoms. The monoisotopic (exact) mass is 444 g/mol. The lowest BCUT2D eigenvalue weighted by atomic mass is 9.96. The van der Waals surface area contributed by atoms with Crippen LogP contribution in [0, 0.1) is 0 Å². The van der Waals surface area contributed by atoms with Gasteiger partial charge in [0.25, 0.3) is 0 Å². The molecule has 0 aliphatic carbocycles. The van der Waals surface area contributed by atoms with E-state index in [0.29, 0.717) is 24.3 Å². The molecule has 3 nitrogen and oxygen atoms in total. The van der Waals surface area contributed by atoms with Crippen LogP contribution in [-0.2, 0) is 25.4 Å². The molecule has 0 spiro atoms. The Morgan fingerprint density at radius 2 is 1.59 bits per heavy atom. The molecule has 0 amide bonds. The summed E-state index contributed by atoms with van der Waals surface area (Å²) in [5.74, 6) is 0.755. The first-order chi connectivity index (χ1) is 15.3. The Morgan fingerprint density at radius 3 is 2.22 bits per heavy atom. The molecule has 0 radical (unpaired) electrons. The van der Waals surface area contributed by atoms with Crippen molar-refractivity contribution in [3.05, 3.63) is 70.6 Å². The summed E-state index contributed by atoms with van der Waals surface area (Å²) in [6.07, 6.45) is 1.50. The maximum absolute atomic E-state index is 13.8. The topological polar surface area (TPSA) is 38.9 Å². The molecular formula is C26H31F3N2O. The molecule has 3 aromatic rings. The van der Waals surface area contributed by atoms with E-state index in [2.05, 4.69) is 36.1 Å². The van der Waals surface area contributed by atoms with E-state index < -0.39 is 11.7 Å². The number of rotatable bonds is 10. The van der Waals surface area contributed by atoms with E-state index in [1.165, 1.54) is 5.56 Å². The van der Waals surface area contributed by atoms with Crippen molar-refractivity contribution >= 4 is 0 Å². The molecule has 0 aliphatic heterocycles. The van der Waals surface area contributed by atoms with Gasteiger partial charge in [0.05, 0.1) is 5.56 Å². The number of hydrogen-bond donors (Lipinski definition) is 0. The quantitative estimate of drug-likeness (QED) is 0.320. The molecule has 2 aromatic carbocycles. The van der Waals surface area contributed by atoms with Gasteiger partial charge in [-0.15, -0.1) is 0 Å². The molecule has 1 aromatic heterocycles. The predicted octanol–water partition coefficient (Wildman–Crippen LogP) is 7.79. The second-order valence-corrected chi connectivity index (χ2v) is 8.44. The van der Waals surface area contributed by atoms with Crippen molar-refractivity contribution in [3.8, 4) is 11.4 Å². The number of hydrogen-bond acceptors (Lipinski definition) is 3. The summed E-state index contributed by atoms with van der Waals surface area (Å²) in [6, 6.07) is 12.5. The summed E-state index contributed by atoms with van der Waals surface area (Å²) in [6.45, 7) is 6.22. The van der Waals surface area contributed by atoms with Crippen LogP contribution < -0.4 is 0 Å². The van der Waals surface area contributed by atoms with Gasteiger partial charge in [0.15, 0.2) is 0 Å². The third-order valence-corrected chi connectivity index (χ3v) is 5.77. The summed E-state index contributed by atoms with van der Waals surface area (Å²) in [7, 11) is 0. The Morgan fingerprint density at radius 1 is 0.906 bits per heavy atom. The second kappa shape index (κ2) is 10.8. The Bertz CT molecular complexity index is 993. The van der Waals surface area contributed by atoms with E-state index in [4.69, 9.17) is 4.52 Å². The molecule has 1 heterocycles. The van der Waals surface area contributed by atoms with E-state index in [1.54, 1.807) is 12.1 Å². The third-order valence-electron chi connectivity index (χ3n) is 5.77. The van der Waals surface area contributed by atoms with Crippen molar-refractivity contribution in [2.45, 2.75) is 77.8 Å². The fraction of sp³-hybridized carbons (Fsp3) is 0.462. The summed E-state index contributed by atoms with van der Waals surface area (Å²) in [5.41, 5.74) is 2.25. The first-order valence-corrected chi connectivity index (χ1v) is 11.4. The Labute approximate surface area is 188 Å². The van der Waals surface area contributed by atoms with Crippen LogP contribution in [0.2, 0.25) is 0 Å². The zero-order valence-electron chi connectivity index (χ0n) is 19.0. The summed E-state index contributed by atoms with van der Waals surface area (Å²) in [5, 5.41) is 3.93. The van der Waals surface area contributed by atoms with Crippen LogP contribution in [0.15, 0.2) is 47.0 Å². The molecule has 0 saturated heterocycles. The number of alkyl halides is 3. The number of unbranched alkanes of at least 4 members (excludes halogenated alkanes) is 1. The Kier molecular flexibility index (Phi) is 8.10. The molecular weight excluding hydrogens is 413 g/mol.